The molecule has 0 saturated heterocycles. The molecule has 0 unspecified atom stereocenters. The molecular formula is C14H14Cl2N2O4. The number of rotatable bonds is 4. The molecule has 0 saturated carbocycles. The first kappa shape index (κ1) is 16.6. The van der Waals surface area contributed by atoms with Crippen molar-refractivity contribution in [2.24, 2.45) is 5.10 Å². The molecule has 2 rings (SSSR count). The fourth-order valence-electron chi connectivity index (χ4n) is 2.12. The molecule has 0 amide bonds. The van der Waals surface area contributed by atoms with Crippen molar-refractivity contribution < 1.29 is 19.4 Å². The topological polar surface area (TPSA) is 79.2 Å². The van der Waals surface area contributed by atoms with Gasteiger partial charge in [0.15, 0.2) is 5.54 Å². The molecule has 0 radical (unpaired) electrons. The SMILES string of the molecule is CCOC(=O)C1=NN(c2ccc(Cl)c(Cl)c2)[C@](C)(C(=O)O)C1. The number of nitrogens with zero attached hydrogens (tertiary/aromatic N) is 2. The van der Waals surface area contributed by atoms with Crippen LogP contribution in [0.15, 0.2) is 23.3 Å². The number of halogens is 2. The predicted molar refractivity (Wildman–Crippen MR) is 83.7 cm³/mol. The lowest BCUT2D eigenvalue weighted by Gasteiger charge is -2.30. The third-order valence-electron chi connectivity index (χ3n) is 3.32. The van der Waals surface area contributed by atoms with Crippen molar-refractivity contribution in [2.75, 3.05) is 11.6 Å². The van der Waals surface area contributed by atoms with Gasteiger partial charge in [-0.05, 0) is 32.0 Å². The first-order chi connectivity index (χ1) is 10.3. The number of carbonyl (C=O) groups excluding carboxylic acids is 1. The van der Waals surface area contributed by atoms with Gasteiger partial charge in [0.2, 0.25) is 0 Å². The van der Waals surface area contributed by atoms with Crippen molar-refractivity contribution in [3.05, 3.63) is 28.2 Å². The van der Waals surface area contributed by atoms with E-state index >= 15 is 0 Å². The number of esters is 1. The van der Waals surface area contributed by atoms with Crippen LogP contribution in [-0.2, 0) is 14.3 Å². The van der Waals surface area contributed by atoms with Crippen molar-refractivity contribution in [1.29, 1.82) is 0 Å². The van der Waals surface area contributed by atoms with E-state index in [1.807, 2.05) is 0 Å². The fraction of sp³-hybridized carbons (Fsp3) is 0.357. The van der Waals surface area contributed by atoms with Gasteiger partial charge in [0.05, 0.1) is 22.3 Å². The van der Waals surface area contributed by atoms with Crippen LogP contribution in [-0.4, -0.2) is 34.9 Å². The number of ether oxygens (including phenoxy) is 1. The molecule has 1 aliphatic rings. The van der Waals surface area contributed by atoms with Crippen molar-refractivity contribution in [3.8, 4) is 0 Å². The lowest BCUT2D eigenvalue weighted by Crippen LogP contribution is -2.47. The minimum atomic E-state index is -1.40. The highest BCUT2D eigenvalue weighted by molar-refractivity contribution is 6.42. The molecule has 1 heterocycles. The summed E-state index contributed by atoms with van der Waals surface area (Å²) in [6, 6.07) is 4.63. The summed E-state index contributed by atoms with van der Waals surface area (Å²) in [6.45, 7) is 3.34. The van der Waals surface area contributed by atoms with Gasteiger partial charge in [-0.3, -0.25) is 0 Å². The molecule has 0 aliphatic carbocycles. The van der Waals surface area contributed by atoms with Crippen molar-refractivity contribution in [1.82, 2.24) is 0 Å². The highest BCUT2D eigenvalue weighted by Crippen LogP contribution is 2.36. The maximum absolute atomic E-state index is 11.8. The maximum atomic E-state index is 11.8. The number of aliphatic carboxylic acids is 1. The Morgan fingerprint density at radius 3 is 2.64 bits per heavy atom. The molecule has 1 atom stereocenters. The van der Waals surface area contributed by atoms with E-state index in [9.17, 15) is 14.7 Å². The summed E-state index contributed by atoms with van der Waals surface area (Å²) in [5, 5.41) is 15.5. The van der Waals surface area contributed by atoms with Gasteiger partial charge in [-0.25, -0.2) is 14.6 Å². The lowest BCUT2D eigenvalue weighted by molar-refractivity contribution is -0.142. The summed E-state index contributed by atoms with van der Waals surface area (Å²) in [5.41, 5.74) is -0.921. The zero-order valence-corrected chi connectivity index (χ0v) is 13.5. The van der Waals surface area contributed by atoms with Crippen molar-refractivity contribution in [2.45, 2.75) is 25.8 Å². The minimum absolute atomic E-state index is 0.0535. The van der Waals surface area contributed by atoms with Crippen LogP contribution in [0.1, 0.15) is 20.3 Å². The quantitative estimate of drug-likeness (QED) is 0.849. The second-order valence-electron chi connectivity index (χ2n) is 4.93. The Bertz CT molecular complexity index is 662. The van der Waals surface area contributed by atoms with Gasteiger partial charge in [-0.1, -0.05) is 23.2 Å². The Labute approximate surface area is 137 Å². The Kier molecular flexibility index (Phi) is 4.63. The number of hydrazone groups is 1. The normalized spacial score (nSPS) is 20.7. The number of hydrogen-bond acceptors (Lipinski definition) is 5. The van der Waals surface area contributed by atoms with Gasteiger partial charge >= 0.3 is 11.9 Å². The molecule has 1 aromatic carbocycles. The number of carbonyl (C=O) groups is 2. The number of carboxylic acids is 1. The molecular weight excluding hydrogens is 331 g/mol. The second kappa shape index (κ2) is 6.14. The largest absolute Gasteiger partial charge is 0.479 e. The van der Waals surface area contributed by atoms with Crippen LogP contribution < -0.4 is 5.01 Å². The maximum Gasteiger partial charge on any atom is 0.354 e. The van der Waals surface area contributed by atoms with Gasteiger partial charge in [-0.15, -0.1) is 0 Å². The molecule has 6 nitrogen and oxygen atoms in total. The van der Waals surface area contributed by atoms with Gasteiger partial charge in [0, 0.05) is 6.42 Å². The summed E-state index contributed by atoms with van der Waals surface area (Å²) in [5.74, 6) is -1.74. The summed E-state index contributed by atoms with van der Waals surface area (Å²) >= 11 is 11.8. The molecule has 22 heavy (non-hydrogen) atoms. The van der Waals surface area contributed by atoms with Crippen LogP contribution in [0.2, 0.25) is 10.0 Å². The average molecular weight is 345 g/mol. The highest BCUT2D eigenvalue weighted by Gasteiger charge is 2.48. The molecule has 0 spiro atoms. The average Bonchev–Trinajstić information content (AvgIpc) is 2.82. The van der Waals surface area contributed by atoms with Crippen molar-refractivity contribution >= 4 is 46.5 Å². The minimum Gasteiger partial charge on any atom is -0.479 e. The third kappa shape index (κ3) is 2.89. The number of benzene rings is 1. The molecule has 118 valence electrons. The summed E-state index contributed by atoms with van der Waals surface area (Å²) < 4.78 is 4.89. The number of hydrogen-bond donors (Lipinski definition) is 1. The molecule has 1 aromatic rings. The van der Waals surface area contributed by atoms with Crippen molar-refractivity contribution in [3.63, 3.8) is 0 Å². The predicted octanol–water partition coefficient (Wildman–Crippen LogP) is 2.97. The number of anilines is 1. The van der Waals surface area contributed by atoms with Crippen LogP contribution in [0.4, 0.5) is 5.69 Å². The Morgan fingerprint density at radius 2 is 2.09 bits per heavy atom. The van der Waals surface area contributed by atoms with Gasteiger partial charge in [-0.2, -0.15) is 5.10 Å². The third-order valence-corrected chi connectivity index (χ3v) is 4.06. The van der Waals surface area contributed by atoms with E-state index in [0.717, 1.165) is 0 Å². The van der Waals surface area contributed by atoms with Crippen LogP contribution in [0, 0.1) is 0 Å². The first-order valence-electron chi connectivity index (χ1n) is 6.53. The zero-order chi connectivity index (χ0) is 16.5. The monoisotopic (exact) mass is 344 g/mol. The molecule has 1 aliphatic heterocycles. The Hall–Kier alpha value is -1.79. The van der Waals surface area contributed by atoms with Gasteiger partial charge < -0.3 is 9.84 Å². The van der Waals surface area contributed by atoms with Crippen LogP contribution in [0.3, 0.4) is 0 Å². The zero-order valence-electron chi connectivity index (χ0n) is 12.0. The standard InChI is InChI=1S/C14H14Cl2N2O4/c1-3-22-12(19)11-7-14(2,13(20)21)18(17-11)8-4-5-9(15)10(16)6-8/h4-6H,3,7H2,1-2H3,(H,20,21)/t14-/m0/s1. The lowest BCUT2D eigenvalue weighted by atomic mass is 9.95. The van der Waals surface area contributed by atoms with Crippen LogP contribution >= 0.6 is 23.2 Å². The van der Waals surface area contributed by atoms with E-state index in [4.69, 9.17) is 27.9 Å². The van der Waals surface area contributed by atoms with E-state index in [-0.39, 0.29) is 23.8 Å². The molecule has 8 heteroatoms. The van der Waals surface area contributed by atoms with Crippen LogP contribution in [0.25, 0.3) is 0 Å². The van der Waals surface area contributed by atoms with Gasteiger partial charge in [0.25, 0.3) is 0 Å². The van der Waals surface area contributed by atoms with E-state index in [1.165, 1.54) is 18.0 Å². The molecule has 0 bridgehead atoms. The first-order valence-corrected chi connectivity index (χ1v) is 7.28. The Balaban J connectivity index is 2.45. The van der Waals surface area contributed by atoms with E-state index in [0.29, 0.717) is 10.7 Å². The number of carboxylic acid groups (broad SMARTS) is 1. The fourth-order valence-corrected chi connectivity index (χ4v) is 2.41. The highest BCUT2D eigenvalue weighted by atomic mass is 35.5. The summed E-state index contributed by atoms with van der Waals surface area (Å²) in [4.78, 5) is 23.5. The Morgan fingerprint density at radius 1 is 1.41 bits per heavy atom. The van der Waals surface area contributed by atoms with E-state index in [1.54, 1.807) is 19.1 Å². The second-order valence-corrected chi connectivity index (χ2v) is 5.75. The van der Waals surface area contributed by atoms with E-state index < -0.39 is 17.5 Å². The van der Waals surface area contributed by atoms with Gasteiger partial charge in [0.1, 0.15) is 5.71 Å². The summed E-state index contributed by atoms with van der Waals surface area (Å²) in [6.07, 6.45) is -0.0680. The molecule has 0 aromatic heterocycles. The van der Waals surface area contributed by atoms with E-state index in [2.05, 4.69) is 5.10 Å². The molecule has 1 N–H and O–H groups in total. The smallest absolute Gasteiger partial charge is 0.354 e. The van der Waals surface area contributed by atoms with Crippen LogP contribution in [0.5, 0.6) is 0 Å². The molecule has 0 fully saturated rings. The summed E-state index contributed by atoms with van der Waals surface area (Å²) in [7, 11) is 0.